The standard InChI is InChI=1S/C20H23NO3S/c1-13(2)25-12-16-8-6-10-18(14(16)3)21-19(22)11-15-7-4-5-9-17(15)20(23)24/h4-10,13H,11-12H2,1-3H3,(H,21,22)(H,23,24). The summed E-state index contributed by atoms with van der Waals surface area (Å²) in [4.78, 5) is 23.6. The fourth-order valence-corrected chi connectivity index (χ4v) is 3.31. The second-order valence-electron chi connectivity index (χ2n) is 6.14. The summed E-state index contributed by atoms with van der Waals surface area (Å²) in [6.07, 6.45) is 0.0346. The number of carbonyl (C=O) groups is 2. The van der Waals surface area contributed by atoms with E-state index in [4.69, 9.17) is 0 Å². The number of aromatic carboxylic acids is 1. The molecule has 0 aromatic heterocycles. The lowest BCUT2D eigenvalue weighted by Crippen LogP contribution is -2.17. The van der Waals surface area contributed by atoms with Crippen molar-refractivity contribution < 1.29 is 14.7 Å². The minimum absolute atomic E-state index is 0.0346. The zero-order valence-corrected chi connectivity index (χ0v) is 15.5. The Hall–Kier alpha value is -2.27. The molecule has 0 fully saturated rings. The molecule has 4 nitrogen and oxygen atoms in total. The average Bonchev–Trinajstić information content (AvgIpc) is 2.55. The maximum atomic E-state index is 12.4. The molecule has 0 heterocycles. The number of carbonyl (C=O) groups excluding carboxylic acids is 1. The van der Waals surface area contributed by atoms with Crippen LogP contribution in [0.5, 0.6) is 0 Å². The van der Waals surface area contributed by atoms with E-state index in [2.05, 4.69) is 25.2 Å². The van der Waals surface area contributed by atoms with Crippen molar-refractivity contribution in [2.45, 2.75) is 38.2 Å². The van der Waals surface area contributed by atoms with Crippen LogP contribution in [-0.4, -0.2) is 22.2 Å². The van der Waals surface area contributed by atoms with E-state index in [0.717, 1.165) is 17.0 Å². The Morgan fingerprint density at radius 1 is 1.08 bits per heavy atom. The molecule has 2 aromatic carbocycles. The number of hydrogen-bond acceptors (Lipinski definition) is 3. The van der Waals surface area contributed by atoms with Gasteiger partial charge in [0.15, 0.2) is 0 Å². The lowest BCUT2D eigenvalue weighted by Gasteiger charge is -2.14. The van der Waals surface area contributed by atoms with Crippen molar-refractivity contribution in [2.24, 2.45) is 0 Å². The van der Waals surface area contributed by atoms with E-state index >= 15 is 0 Å². The number of amides is 1. The molecule has 0 aliphatic heterocycles. The van der Waals surface area contributed by atoms with Gasteiger partial charge in [-0.25, -0.2) is 4.79 Å². The zero-order valence-electron chi connectivity index (χ0n) is 14.7. The number of nitrogens with one attached hydrogen (secondary N) is 1. The molecule has 0 aliphatic rings. The first-order valence-electron chi connectivity index (χ1n) is 8.19. The highest BCUT2D eigenvalue weighted by Crippen LogP contribution is 2.25. The van der Waals surface area contributed by atoms with Gasteiger partial charge in [0, 0.05) is 11.4 Å². The molecule has 0 bridgehead atoms. The van der Waals surface area contributed by atoms with Gasteiger partial charge in [-0.2, -0.15) is 11.8 Å². The van der Waals surface area contributed by atoms with Crippen molar-refractivity contribution in [3.63, 3.8) is 0 Å². The molecular formula is C20H23NO3S. The summed E-state index contributed by atoms with van der Waals surface area (Å²) in [6, 6.07) is 12.5. The molecule has 1 amide bonds. The fourth-order valence-electron chi connectivity index (χ4n) is 2.48. The van der Waals surface area contributed by atoms with Crippen LogP contribution in [0.3, 0.4) is 0 Å². The van der Waals surface area contributed by atoms with Gasteiger partial charge in [-0.1, -0.05) is 44.2 Å². The molecule has 0 atom stereocenters. The summed E-state index contributed by atoms with van der Waals surface area (Å²) >= 11 is 1.86. The van der Waals surface area contributed by atoms with E-state index in [0.29, 0.717) is 10.8 Å². The van der Waals surface area contributed by atoms with Gasteiger partial charge in [0.05, 0.1) is 12.0 Å². The van der Waals surface area contributed by atoms with Crippen molar-refractivity contribution in [1.29, 1.82) is 0 Å². The minimum atomic E-state index is -1.02. The number of thioether (sulfide) groups is 1. The molecule has 0 aliphatic carbocycles. The van der Waals surface area contributed by atoms with Gasteiger partial charge in [0.25, 0.3) is 0 Å². The van der Waals surface area contributed by atoms with Gasteiger partial charge in [-0.05, 0) is 41.0 Å². The number of carboxylic acid groups (broad SMARTS) is 1. The number of rotatable bonds is 7. The van der Waals surface area contributed by atoms with E-state index in [1.54, 1.807) is 18.2 Å². The van der Waals surface area contributed by atoms with Crippen LogP contribution in [0, 0.1) is 6.92 Å². The summed E-state index contributed by atoms with van der Waals surface area (Å²) in [5, 5.41) is 12.7. The second kappa shape index (κ2) is 8.72. The van der Waals surface area contributed by atoms with Gasteiger partial charge >= 0.3 is 5.97 Å². The molecule has 0 spiro atoms. The molecular weight excluding hydrogens is 334 g/mol. The Bertz CT molecular complexity index is 771. The van der Waals surface area contributed by atoms with Crippen LogP contribution in [0.25, 0.3) is 0 Å². The summed E-state index contributed by atoms with van der Waals surface area (Å²) in [6.45, 7) is 6.31. The van der Waals surface area contributed by atoms with E-state index < -0.39 is 5.97 Å². The summed E-state index contributed by atoms with van der Waals surface area (Å²) in [5.74, 6) is -0.340. The first kappa shape index (κ1) is 19.1. The molecule has 0 radical (unpaired) electrons. The topological polar surface area (TPSA) is 66.4 Å². The van der Waals surface area contributed by atoms with Crippen molar-refractivity contribution in [2.75, 3.05) is 5.32 Å². The molecule has 0 saturated heterocycles. The predicted octanol–water partition coefficient (Wildman–Crippen LogP) is 4.52. The van der Waals surface area contributed by atoms with Crippen LogP contribution in [0.4, 0.5) is 5.69 Å². The molecule has 2 N–H and O–H groups in total. The van der Waals surface area contributed by atoms with Gasteiger partial charge in [-0.3, -0.25) is 4.79 Å². The molecule has 5 heteroatoms. The SMILES string of the molecule is Cc1c(CSC(C)C)cccc1NC(=O)Cc1ccccc1C(=O)O. The van der Waals surface area contributed by atoms with Gasteiger partial charge in [0.2, 0.25) is 5.91 Å². The number of benzene rings is 2. The number of carboxylic acids is 1. The van der Waals surface area contributed by atoms with E-state index in [1.807, 2.05) is 30.8 Å². The highest BCUT2D eigenvalue weighted by atomic mass is 32.2. The molecule has 0 unspecified atom stereocenters. The first-order valence-corrected chi connectivity index (χ1v) is 9.24. The van der Waals surface area contributed by atoms with Gasteiger partial charge in [-0.15, -0.1) is 0 Å². The Labute approximate surface area is 152 Å². The third-order valence-corrected chi connectivity index (χ3v) is 5.04. The van der Waals surface area contributed by atoms with E-state index in [1.165, 1.54) is 11.6 Å². The first-order chi connectivity index (χ1) is 11.9. The van der Waals surface area contributed by atoms with E-state index in [9.17, 15) is 14.7 Å². The van der Waals surface area contributed by atoms with Gasteiger partial charge in [0.1, 0.15) is 0 Å². The van der Waals surface area contributed by atoms with E-state index in [-0.39, 0.29) is 17.9 Å². The monoisotopic (exact) mass is 357 g/mol. The maximum absolute atomic E-state index is 12.4. The third kappa shape index (κ3) is 5.36. The number of anilines is 1. The Kier molecular flexibility index (Phi) is 6.65. The summed E-state index contributed by atoms with van der Waals surface area (Å²) in [7, 11) is 0. The molecule has 25 heavy (non-hydrogen) atoms. The van der Waals surface area contributed by atoms with Crippen LogP contribution in [0.1, 0.15) is 40.9 Å². The molecule has 2 rings (SSSR count). The summed E-state index contributed by atoms with van der Waals surface area (Å²) in [5.41, 5.74) is 3.70. The highest BCUT2D eigenvalue weighted by molar-refractivity contribution is 7.99. The molecule has 132 valence electrons. The lowest BCUT2D eigenvalue weighted by atomic mass is 10.0. The van der Waals surface area contributed by atoms with Crippen molar-refractivity contribution in [3.8, 4) is 0 Å². The van der Waals surface area contributed by atoms with Crippen LogP contribution >= 0.6 is 11.8 Å². The molecule has 2 aromatic rings. The largest absolute Gasteiger partial charge is 0.478 e. The minimum Gasteiger partial charge on any atom is -0.478 e. The highest BCUT2D eigenvalue weighted by Gasteiger charge is 2.14. The van der Waals surface area contributed by atoms with Crippen LogP contribution in [-0.2, 0) is 17.0 Å². The smallest absolute Gasteiger partial charge is 0.335 e. The Morgan fingerprint density at radius 3 is 2.44 bits per heavy atom. The maximum Gasteiger partial charge on any atom is 0.335 e. The lowest BCUT2D eigenvalue weighted by molar-refractivity contribution is -0.115. The summed E-state index contributed by atoms with van der Waals surface area (Å²) < 4.78 is 0. The average molecular weight is 357 g/mol. The Morgan fingerprint density at radius 2 is 1.76 bits per heavy atom. The van der Waals surface area contributed by atoms with Crippen molar-refractivity contribution >= 4 is 29.3 Å². The normalized spacial score (nSPS) is 10.7. The zero-order chi connectivity index (χ0) is 18.4. The van der Waals surface area contributed by atoms with Crippen LogP contribution in [0.2, 0.25) is 0 Å². The second-order valence-corrected chi connectivity index (χ2v) is 7.70. The van der Waals surface area contributed by atoms with Crippen LogP contribution in [0.15, 0.2) is 42.5 Å². The van der Waals surface area contributed by atoms with Crippen LogP contribution < -0.4 is 5.32 Å². The molecule has 0 saturated carbocycles. The number of hydrogen-bond donors (Lipinski definition) is 2. The fraction of sp³-hybridized carbons (Fsp3) is 0.300. The van der Waals surface area contributed by atoms with Crippen molar-refractivity contribution in [3.05, 3.63) is 64.7 Å². The third-order valence-electron chi connectivity index (χ3n) is 3.89. The quantitative estimate of drug-likeness (QED) is 0.765. The predicted molar refractivity (Wildman–Crippen MR) is 103 cm³/mol. The van der Waals surface area contributed by atoms with Gasteiger partial charge < -0.3 is 10.4 Å². The van der Waals surface area contributed by atoms with Crippen molar-refractivity contribution in [1.82, 2.24) is 0 Å². The Balaban J connectivity index is 2.11.